The molecular formula is C12H17N5O2. The van der Waals surface area contributed by atoms with Crippen molar-refractivity contribution in [2.75, 3.05) is 18.5 Å². The van der Waals surface area contributed by atoms with Crippen LogP contribution in [0.3, 0.4) is 0 Å². The van der Waals surface area contributed by atoms with Crippen LogP contribution in [0.25, 0.3) is 5.65 Å². The number of unbranched alkanes of at least 4 members (excludes halogenated alkanes) is 2. The van der Waals surface area contributed by atoms with Gasteiger partial charge in [0, 0.05) is 19.0 Å². The third kappa shape index (κ3) is 3.72. The molecule has 19 heavy (non-hydrogen) atoms. The zero-order valence-corrected chi connectivity index (χ0v) is 10.9. The Balaban J connectivity index is 1.82. The van der Waals surface area contributed by atoms with Crippen molar-refractivity contribution >= 4 is 17.5 Å². The molecule has 0 aromatic carbocycles. The average molecular weight is 263 g/mol. The molecule has 102 valence electrons. The van der Waals surface area contributed by atoms with Gasteiger partial charge in [0.2, 0.25) is 5.95 Å². The van der Waals surface area contributed by atoms with Gasteiger partial charge in [-0.1, -0.05) is 19.8 Å². The minimum Gasteiger partial charge on any atom is -0.372 e. The molecule has 2 heterocycles. The van der Waals surface area contributed by atoms with Crippen molar-refractivity contribution in [3.05, 3.63) is 18.6 Å². The molecule has 0 aliphatic carbocycles. The Morgan fingerprint density at radius 2 is 2.32 bits per heavy atom. The molecule has 2 rings (SSSR count). The lowest BCUT2D eigenvalue weighted by atomic mass is 10.3. The molecule has 0 saturated heterocycles. The van der Waals surface area contributed by atoms with E-state index in [1.54, 1.807) is 23.0 Å². The standard InChI is InChI=1S/C12H17N5O2/c1-2-3-4-7-19-9-11(18)14-12-16-15-10-8-13-5-6-17(10)12/h5-6,8H,2-4,7,9H2,1H3,(H,14,16,18). The minimum absolute atomic E-state index is 0.0315. The molecule has 0 aliphatic heterocycles. The number of hydrogen-bond acceptors (Lipinski definition) is 5. The summed E-state index contributed by atoms with van der Waals surface area (Å²) in [5.41, 5.74) is 0.585. The summed E-state index contributed by atoms with van der Waals surface area (Å²) >= 11 is 0. The van der Waals surface area contributed by atoms with E-state index in [2.05, 4.69) is 27.4 Å². The second kappa shape index (κ2) is 6.79. The number of carbonyl (C=O) groups excluding carboxylic acids is 1. The normalized spacial score (nSPS) is 10.8. The van der Waals surface area contributed by atoms with Crippen LogP contribution in [0.2, 0.25) is 0 Å². The predicted octanol–water partition coefficient (Wildman–Crippen LogP) is 1.27. The fourth-order valence-electron chi connectivity index (χ4n) is 1.62. The highest BCUT2D eigenvalue weighted by Gasteiger charge is 2.08. The van der Waals surface area contributed by atoms with Crippen molar-refractivity contribution in [1.82, 2.24) is 19.6 Å². The van der Waals surface area contributed by atoms with Gasteiger partial charge in [-0.25, -0.2) is 0 Å². The zero-order chi connectivity index (χ0) is 13.5. The lowest BCUT2D eigenvalue weighted by Gasteiger charge is -2.04. The van der Waals surface area contributed by atoms with Gasteiger partial charge < -0.3 is 4.74 Å². The number of carbonyl (C=O) groups is 1. The van der Waals surface area contributed by atoms with Crippen molar-refractivity contribution in [2.45, 2.75) is 26.2 Å². The molecule has 0 aliphatic rings. The zero-order valence-electron chi connectivity index (χ0n) is 10.9. The molecule has 0 bridgehead atoms. The van der Waals surface area contributed by atoms with Gasteiger partial charge in [-0.3, -0.25) is 19.5 Å². The van der Waals surface area contributed by atoms with Gasteiger partial charge in [0.15, 0.2) is 5.65 Å². The molecule has 0 radical (unpaired) electrons. The molecule has 0 unspecified atom stereocenters. The number of hydrogen-bond donors (Lipinski definition) is 1. The van der Waals surface area contributed by atoms with E-state index >= 15 is 0 Å². The minimum atomic E-state index is -0.234. The number of amides is 1. The van der Waals surface area contributed by atoms with Crippen molar-refractivity contribution in [1.29, 1.82) is 0 Å². The Hall–Kier alpha value is -2.02. The summed E-state index contributed by atoms with van der Waals surface area (Å²) in [5, 5.41) is 10.4. The van der Waals surface area contributed by atoms with E-state index in [1.807, 2.05) is 0 Å². The van der Waals surface area contributed by atoms with Crippen molar-refractivity contribution in [2.24, 2.45) is 0 Å². The van der Waals surface area contributed by atoms with Crippen LogP contribution in [0.15, 0.2) is 18.6 Å². The van der Waals surface area contributed by atoms with Gasteiger partial charge in [0.05, 0.1) is 6.20 Å². The van der Waals surface area contributed by atoms with Crippen LogP contribution in [0, 0.1) is 0 Å². The Labute approximate surface area is 111 Å². The molecular weight excluding hydrogens is 246 g/mol. The fraction of sp³-hybridized carbons (Fsp3) is 0.500. The quantitative estimate of drug-likeness (QED) is 0.761. The number of fused-ring (bicyclic) bond motifs is 1. The van der Waals surface area contributed by atoms with Crippen molar-refractivity contribution in [3.63, 3.8) is 0 Å². The first-order chi connectivity index (χ1) is 9.31. The first-order valence-corrected chi connectivity index (χ1v) is 6.33. The van der Waals surface area contributed by atoms with E-state index in [9.17, 15) is 4.79 Å². The summed E-state index contributed by atoms with van der Waals surface area (Å²) in [6, 6.07) is 0. The van der Waals surface area contributed by atoms with Gasteiger partial charge >= 0.3 is 0 Å². The van der Waals surface area contributed by atoms with Crippen LogP contribution in [-0.2, 0) is 9.53 Å². The van der Waals surface area contributed by atoms with Crippen LogP contribution in [0.4, 0.5) is 5.95 Å². The number of rotatable bonds is 7. The van der Waals surface area contributed by atoms with Crippen molar-refractivity contribution in [3.8, 4) is 0 Å². The van der Waals surface area contributed by atoms with E-state index in [0.29, 0.717) is 18.2 Å². The van der Waals surface area contributed by atoms with E-state index in [1.165, 1.54) is 0 Å². The average Bonchev–Trinajstić information content (AvgIpc) is 2.82. The summed E-state index contributed by atoms with van der Waals surface area (Å²) in [6.45, 7) is 2.76. The third-order valence-corrected chi connectivity index (χ3v) is 2.59. The number of ether oxygens (including phenoxy) is 1. The molecule has 0 saturated carbocycles. The third-order valence-electron chi connectivity index (χ3n) is 2.59. The highest BCUT2D eigenvalue weighted by molar-refractivity contribution is 5.90. The maximum atomic E-state index is 11.7. The largest absolute Gasteiger partial charge is 0.372 e. The number of anilines is 1. The second-order valence-electron chi connectivity index (χ2n) is 4.14. The predicted molar refractivity (Wildman–Crippen MR) is 69.8 cm³/mol. The SMILES string of the molecule is CCCCCOCC(=O)Nc1nnc2cnccn12. The van der Waals surface area contributed by atoms with E-state index in [-0.39, 0.29) is 12.5 Å². The molecule has 7 heteroatoms. The van der Waals surface area contributed by atoms with Gasteiger partial charge in [-0.2, -0.15) is 0 Å². The van der Waals surface area contributed by atoms with Gasteiger partial charge in [-0.15, -0.1) is 10.2 Å². The lowest BCUT2D eigenvalue weighted by molar-refractivity contribution is -0.120. The monoisotopic (exact) mass is 263 g/mol. The van der Waals surface area contributed by atoms with Crippen LogP contribution in [-0.4, -0.2) is 38.7 Å². The lowest BCUT2D eigenvalue weighted by Crippen LogP contribution is -2.20. The maximum Gasteiger partial charge on any atom is 0.252 e. The van der Waals surface area contributed by atoms with Crippen LogP contribution in [0.1, 0.15) is 26.2 Å². The molecule has 2 aromatic rings. The Bertz CT molecular complexity index is 540. The van der Waals surface area contributed by atoms with Crippen molar-refractivity contribution < 1.29 is 9.53 Å². The van der Waals surface area contributed by atoms with Crippen LogP contribution in [0.5, 0.6) is 0 Å². The summed E-state index contributed by atoms with van der Waals surface area (Å²) < 4.78 is 6.93. The van der Waals surface area contributed by atoms with Gasteiger partial charge in [0.25, 0.3) is 5.91 Å². The first kappa shape index (κ1) is 13.4. The number of aromatic nitrogens is 4. The second-order valence-corrected chi connectivity index (χ2v) is 4.14. The highest BCUT2D eigenvalue weighted by atomic mass is 16.5. The maximum absolute atomic E-state index is 11.7. The Kier molecular flexibility index (Phi) is 4.79. The fourth-order valence-corrected chi connectivity index (χ4v) is 1.62. The Morgan fingerprint density at radius 3 is 3.16 bits per heavy atom. The van der Waals surface area contributed by atoms with Crippen LogP contribution < -0.4 is 5.32 Å². The van der Waals surface area contributed by atoms with E-state index in [0.717, 1.165) is 19.3 Å². The molecule has 1 amide bonds. The number of nitrogens with one attached hydrogen (secondary N) is 1. The van der Waals surface area contributed by atoms with Crippen LogP contribution >= 0.6 is 0 Å². The molecule has 0 spiro atoms. The molecule has 0 fully saturated rings. The van der Waals surface area contributed by atoms with Gasteiger partial charge in [0.1, 0.15) is 6.61 Å². The number of nitrogens with zero attached hydrogens (tertiary/aromatic N) is 4. The molecule has 0 atom stereocenters. The topological polar surface area (TPSA) is 81.4 Å². The highest BCUT2D eigenvalue weighted by Crippen LogP contribution is 2.05. The molecule has 1 N–H and O–H groups in total. The smallest absolute Gasteiger partial charge is 0.252 e. The Morgan fingerprint density at radius 1 is 1.42 bits per heavy atom. The van der Waals surface area contributed by atoms with Gasteiger partial charge in [-0.05, 0) is 6.42 Å². The van der Waals surface area contributed by atoms with E-state index in [4.69, 9.17) is 4.74 Å². The molecule has 2 aromatic heterocycles. The molecule has 7 nitrogen and oxygen atoms in total. The summed E-state index contributed by atoms with van der Waals surface area (Å²) in [5.74, 6) is 0.141. The summed E-state index contributed by atoms with van der Waals surface area (Å²) in [6.07, 6.45) is 8.09. The first-order valence-electron chi connectivity index (χ1n) is 6.33. The van der Waals surface area contributed by atoms with E-state index < -0.39 is 0 Å². The summed E-state index contributed by atoms with van der Waals surface area (Å²) in [4.78, 5) is 15.6. The summed E-state index contributed by atoms with van der Waals surface area (Å²) in [7, 11) is 0.